The van der Waals surface area contributed by atoms with Crippen molar-refractivity contribution in [3.63, 3.8) is 0 Å². The minimum absolute atomic E-state index is 0.448. The van der Waals surface area contributed by atoms with Crippen molar-refractivity contribution in [3.8, 4) is 5.75 Å². The highest BCUT2D eigenvalue weighted by Gasteiger charge is 2.02. The van der Waals surface area contributed by atoms with E-state index in [0.29, 0.717) is 12.0 Å². The highest BCUT2D eigenvalue weighted by Crippen LogP contribution is 2.19. The minimum Gasteiger partial charge on any atom is -0.493 e. The second-order valence-electron chi connectivity index (χ2n) is 5.14. The quantitative estimate of drug-likeness (QED) is 0.683. The van der Waals surface area contributed by atoms with Gasteiger partial charge in [0.2, 0.25) is 0 Å². The monoisotopic (exact) mass is 247 g/mol. The number of rotatable bonds is 8. The molecule has 0 aliphatic heterocycles. The first-order chi connectivity index (χ1) is 8.61. The van der Waals surface area contributed by atoms with Gasteiger partial charge < -0.3 is 10.1 Å². The molecule has 1 aromatic rings. The molecule has 18 heavy (non-hydrogen) atoms. The maximum Gasteiger partial charge on any atom is 0.121 e. The number of hydrogen-bond donors (Lipinski definition) is 1. The summed E-state index contributed by atoms with van der Waals surface area (Å²) in [6, 6.07) is 8.61. The third kappa shape index (κ3) is 5.76. The Kier molecular flexibility index (Phi) is 6.34. The Bertz CT molecular complexity index is 360. The lowest BCUT2D eigenvalue weighted by molar-refractivity contribution is 0.271. The summed E-state index contributed by atoms with van der Waals surface area (Å²) in [5.74, 6) is 1.48. The van der Waals surface area contributed by atoms with Crippen LogP contribution in [0.25, 0.3) is 0 Å². The van der Waals surface area contributed by atoms with Crippen LogP contribution in [0, 0.1) is 5.92 Å². The number of hydrogen-bond acceptors (Lipinski definition) is 2. The first-order valence-corrected chi connectivity index (χ1v) is 6.72. The van der Waals surface area contributed by atoms with Crippen LogP contribution in [0.3, 0.4) is 0 Å². The molecule has 0 aliphatic carbocycles. The lowest BCUT2D eigenvalue weighted by Crippen LogP contribution is -2.14. The van der Waals surface area contributed by atoms with Crippen molar-refractivity contribution in [2.24, 2.45) is 5.92 Å². The fraction of sp³-hybridized carbons (Fsp3) is 0.500. The smallest absolute Gasteiger partial charge is 0.121 e. The lowest BCUT2D eigenvalue weighted by Gasteiger charge is -2.15. The molecule has 0 aromatic heterocycles. The second kappa shape index (κ2) is 7.80. The molecule has 0 saturated heterocycles. The third-order valence-electron chi connectivity index (χ3n) is 2.63. The molecule has 2 heteroatoms. The molecule has 0 bridgehead atoms. The van der Waals surface area contributed by atoms with E-state index in [-0.39, 0.29) is 0 Å². The van der Waals surface area contributed by atoms with E-state index in [0.717, 1.165) is 30.9 Å². The van der Waals surface area contributed by atoms with E-state index >= 15 is 0 Å². The van der Waals surface area contributed by atoms with Gasteiger partial charge in [-0.2, -0.15) is 0 Å². The maximum absolute atomic E-state index is 5.71. The zero-order valence-electron chi connectivity index (χ0n) is 11.8. The van der Waals surface area contributed by atoms with Gasteiger partial charge in [0, 0.05) is 17.8 Å². The molecule has 0 aliphatic rings. The lowest BCUT2D eigenvalue weighted by atomic mass is 10.1. The molecule has 1 N–H and O–H groups in total. The highest BCUT2D eigenvalue weighted by atomic mass is 16.5. The number of benzene rings is 1. The van der Waals surface area contributed by atoms with Crippen LogP contribution in [-0.2, 0) is 0 Å². The van der Waals surface area contributed by atoms with Gasteiger partial charge in [-0.05, 0) is 37.8 Å². The predicted molar refractivity (Wildman–Crippen MR) is 79.3 cm³/mol. The molecule has 0 heterocycles. The number of anilines is 1. The Labute approximate surface area is 111 Å². The predicted octanol–water partition coefficient (Wildman–Crippen LogP) is 4.49. The number of ether oxygens (including phenoxy) is 1. The van der Waals surface area contributed by atoms with Gasteiger partial charge in [0.05, 0.1) is 6.61 Å². The first-order valence-electron chi connectivity index (χ1n) is 6.72. The molecular weight excluding hydrogens is 222 g/mol. The average Bonchev–Trinajstić information content (AvgIpc) is 2.34. The largest absolute Gasteiger partial charge is 0.493 e. The highest BCUT2D eigenvalue weighted by molar-refractivity contribution is 5.48. The van der Waals surface area contributed by atoms with Crippen LogP contribution in [0.5, 0.6) is 5.75 Å². The van der Waals surface area contributed by atoms with E-state index in [2.05, 4.69) is 44.8 Å². The molecular formula is C16H25NO. The third-order valence-corrected chi connectivity index (χ3v) is 2.63. The van der Waals surface area contributed by atoms with Gasteiger partial charge in [0.25, 0.3) is 0 Å². The van der Waals surface area contributed by atoms with Gasteiger partial charge in [-0.1, -0.05) is 26.0 Å². The summed E-state index contributed by atoms with van der Waals surface area (Å²) in [5, 5.41) is 3.48. The Morgan fingerprint density at radius 3 is 2.78 bits per heavy atom. The SMILES string of the molecule is C=CCCC(C)Nc1cccc(OCC(C)C)c1. The second-order valence-corrected chi connectivity index (χ2v) is 5.14. The van der Waals surface area contributed by atoms with E-state index in [4.69, 9.17) is 4.74 Å². The van der Waals surface area contributed by atoms with E-state index < -0.39 is 0 Å². The van der Waals surface area contributed by atoms with E-state index in [1.807, 2.05) is 18.2 Å². The molecule has 1 atom stereocenters. The summed E-state index contributed by atoms with van der Waals surface area (Å²) in [6.07, 6.45) is 4.10. The van der Waals surface area contributed by atoms with E-state index in [1.165, 1.54) is 0 Å². The molecule has 0 saturated carbocycles. The molecule has 1 rings (SSSR count). The summed E-state index contributed by atoms with van der Waals surface area (Å²) in [5.41, 5.74) is 1.12. The van der Waals surface area contributed by atoms with Crippen LogP contribution in [0.15, 0.2) is 36.9 Å². The topological polar surface area (TPSA) is 21.3 Å². The van der Waals surface area contributed by atoms with Crippen molar-refractivity contribution in [3.05, 3.63) is 36.9 Å². The molecule has 0 amide bonds. The molecule has 1 aromatic carbocycles. The van der Waals surface area contributed by atoms with Gasteiger partial charge in [-0.25, -0.2) is 0 Å². The summed E-state index contributed by atoms with van der Waals surface area (Å²) < 4.78 is 5.71. The Hall–Kier alpha value is -1.44. The van der Waals surface area contributed by atoms with Crippen LogP contribution < -0.4 is 10.1 Å². The Balaban J connectivity index is 2.50. The van der Waals surface area contributed by atoms with Crippen LogP contribution in [-0.4, -0.2) is 12.6 Å². The number of allylic oxidation sites excluding steroid dienone is 1. The molecule has 1 unspecified atom stereocenters. The normalized spacial score (nSPS) is 12.2. The van der Waals surface area contributed by atoms with Gasteiger partial charge in [-0.3, -0.25) is 0 Å². The van der Waals surface area contributed by atoms with Crippen molar-refractivity contribution in [2.75, 3.05) is 11.9 Å². The molecule has 0 fully saturated rings. The first kappa shape index (κ1) is 14.6. The van der Waals surface area contributed by atoms with Gasteiger partial charge >= 0.3 is 0 Å². The van der Waals surface area contributed by atoms with Crippen LogP contribution in [0.4, 0.5) is 5.69 Å². The molecule has 100 valence electrons. The van der Waals surface area contributed by atoms with Crippen LogP contribution in [0.2, 0.25) is 0 Å². The van der Waals surface area contributed by atoms with Gasteiger partial charge in [0.1, 0.15) is 5.75 Å². The van der Waals surface area contributed by atoms with Crippen molar-refractivity contribution in [1.29, 1.82) is 0 Å². The van der Waals surface area contributed by atoms with Crippen LogP contribution >= 0.6 is 0 Å². The molecule has 0 spiro atoms. The summed E-state index contributed by atoms with van der Waals surface area (Å²) in [4.78, 5) is 0. The fourth-order valence-electron chi connectivity index (χ4n) is 1.66. The Morgan fingerprint density at radius 1 is 1.33 bits per heavy atom. The van der Waals surface area contributed by atoms with E-state index in [9.17, 15) is 0 Å². The zero-order chi connectivity index (χ0) is 13.4. The molecule has 0 radical (unpaired) electrons. The van der Waals surface area contributed by atoms with Crippen molar-refractivity contribution in [2.45, 2.75) is 39.7 Å². The van der Waals surface area contributed by atoms with Crippen molar-refractivity contribution in [1.82, 2.24) is 0 Å². The summed E-state index contributed by atoms with van der Waals surface area (Å²) in [6.45, 7) is 11.0. The average molecular weight is 247 g/mol. The van der Waals surface area contributed by atoms with Crippen molar-refractivity contribution < 1.29 is 4.74 Å². The van der Waals surface area contributed by atoms with Gasteiger partial charge in [0.15, 0.2) is 0 Å². The van der Waals surface area contributed by atoms with E-state index in [1.54, 1.807) is 0 Å². The van der Waals surface area contributed by atoms with Gasteiger partial charge in [-0.15, -0.1) is 6.58 Å². The number of nitrogens with one attached hydrogen (secondary N) is 1. The standard InChI is InChI=1S/C16H25NO/c1-5-6-8-14(4)17-15-9-7-10-16(11-15)18-12-13(2)3/h5,7,9-11,13-14,17H,1,6,8,12H2,2-4H3. The van der Waals surface area contributed by atoms with Crippen LogP contribution in [0.1, 0.15) is 33.6 Å². The fourth-order valence-corrected chi connectivity index (χ4v) is 1.66. The molecule has 2 nitrogen and oxygen atoms in total. The summed E-state index contributed by atoms with van der Waals surface area (Å²) in [7, 11) is 0. The van der Waals surface area contributed by atoms with Crippen molar-refractivity contribution >= 4 is 5.69 Å². The summed E-state index contributed by atoms with van der Waals surface area (Å²) >= 11 is 0. The maximum atomic E-state index is 5.71. The Morgan fingerprint density at radius 2 is 2.11 bits per heavy atom. The zero-order valence-corrected chi connectivity index (χ0v) is 11.8. The minimum atomic E-state index is 0.448.